The Morgan fingerprint density at radius 1 is 0.718 bits per heavy atom. The molecule has 7 rings (SSSR count). The van der Waals surface area contributed by atoms with E-state index in [-0.39, 0.29) is 11.2 Å². The highest BCUT2D eigenvalue weighted by Crippen LogP contribution is 2.37. The van der Waals surface area contributed by atoms with E-state index in [9.17, 15) is 5.11 Å². The Hall–Kier alpha value is -4.90. The predicted octanol–water partition coefficient (Wildman–Crippen LogP) is 8.68. The minimum Gasteiger partial charge on any atom is -0.506 e. The van der Waals surface area contributed by atoms with Gasteiger partial charge in [0.2, 0.25) is 5.88 Å². The smallest absolute Gasteiger partial charge is 0.219 e. The molecule has 190 valence electrons. The van der Waals surface area contributed by atoms with Crippen molar-refractivity contribution in [3.05, 3.63) is 109 Å². The molecule has 0 spiro atoms. The highest BCUT2D eigenvalue weighted by molar-refractivity contribution is 6.10. The lowest BCUT2D eigenvalue weighted by atomic mass is 9.88. The Morgan fingerprint density at radius 2 is 1.46 bits per heavy atom. The molecule has 0 aliphatic heterocycles. The van der Waals surface area contributed by atoms with Gasteiger partial charge in [0, 0.05) is 34.5 Å². The zero-order valence-corrected chi connectivity index (χ0v) is 22.0. The molecule has 1 N–H and O–H groups in total. The molecule has 7 aromatic rings. The average molecular weight is 510 g/mol. The standard InChI is InChI=1S/C34H27N3O2/c1-34(2,3)22-16-17-35-31(19-22)37-28-11-7-6-10-25(28)26-13-12-23(20-29(26)37)39-32-15-14-27-24-9-5-4-8-21(24)18-30(38)33(27)36-32/h4-20,38H,1-3H3. The van der Waals surface area contributed by atoms with E-state index in [0.29, 0.717) is 17.1 Å². The average Bonchev–Trinajstić information content (AvgIpc) is 3.26. The number of hydrogen-bond acceptors (Lipinski definition) is 4. The van der Waals surface area contributed by atoms with E-state index in [1.54, 1.807) is 6.07 Å². The molecule has 0 saturated carbocycles. The maximum atomic E-state index is 10.7. The number of hydrogen-bond donors (Lipinski definition) is 1. The molecule has 39 heavy (non-hydrogen) atoms. The van der Waals surface area contributed by atoms with Crippen LogP contribution in [0.3, 0.4) is 0 Å². The molecule has 0 fully saturated rings. The van der Waals surface area contributed by atoms with Crippen molar-refractivity contribution in [2.45, 2.75) is 26.2 Å². The van der Waals surface area contributed by atoms with E-state index in [0.717, 1.165) is 43.8 Å². The molecule has 5 nitrogen and oxygen atoms in total. The number of benzene rings is 4. The molecule has 0 amide bonds. The van der Waals surface area contributed by atoms with Crippen molar-refractivity contribution >= 4 is 43.5 Å². The molecule has 3 heterocycles. The summed E-state index contributed by atoms with van der Waals surface area (Å²) in [5.74, 6) is 2.08. The monoisotopic (exact) mass is 509 g/mol. The number of phenolic OH excluding ortho intramolecular Hbond substituents is 1. The third-order valence-corrected chi connectivity index (χ3v) is 7.36. The fourth-order valence-electron chi connectivity index (χ4n) is 5.38. The van der Waals surface area contributed by atoms with Crippen LogP contribution in [0.1, 0.15) is 26.3 Å². The molecule has 0 radical (unpaired) electrons. The van der Waals surface area contributed by atoms with Gasteiger partial charge in [-0.3, -0.25) is 4.57 Å². The molecule has 0 aliphatic carbocycles. The maximum Gasteiger partial charge on any atom is 0.219 e. The van der Waals surface area contributed by atoms with E-state index in [4.69, 9.17) is 9.72 Å². The molecular weight excluding hydrogens is 482 g/mol. The molecule has 0 atom stereocenters. The molecule has 4 aromatic carbocycles. The largest absolute Gasteiger partial charge is 0.506 e. The minimum absolute atomic E-state index is 0.00333. The van der Waals surface area contributed by atoms with Gasteiger partial charge in [0.1, 0.15) is 22.8 Å². The van der Waals surface area contributed by atoms with Crippen LogP contribution in [0.4, 0.5) is 0 Å². The number of para-hydroxylation sites is 1. The normalized spacial score (nSPS) is 12.1. The van der Waals surface area contributed by atoms with E-state index in [2.05, 4.69) is 72.8 Å². The van der Waals surface area contributed by atoms with E-state index < -0.39 is 0 Å². The predicted molar refractivity (Wildman–Crippen MR) is 158 cm³/mol. The van der Waals surface area contributed by atoms with E-state index in [1.807, 2.05) is 54.7 Å². The fraction of sp³-hybridized carbons (Fsp3) is 0.118. The molecule has 0 saturated heterocycles. The lowest BCUT2D eigenvalue weighted by molar-refractivity contribution is 0.460. The van der Waals surface area contributed by atoms with Gasteiger partial charge in [0.05, 0.1) is 11.0 Å². The summed E-state index contributed by atoms with van der Waals surface area (Å²) in [7, 11) is 0. The second-order valence-electron chi connectivity index (χ2n) is 10.9. The van der Waals surface area contributed by atoms with Crippen LogP contribution in [0.2, 0.25) is 0 Å². The number of rotatable bonds is 3. The molecule has 0 unspecified atom stereocenters. The van der Waals surface area contributed by atoms with Crippen LogP contribution in [0.5, 0.6) is 17.4 Å². The van der Waals surface area contributed by atoms with Crippen LogP contribution < -0.4 is 4.74 Å². The van der Waals surface area contributed by atoms with Crippen LogP contribution in [0.15, 0.2) is 103 Å². The second-order valence-corrected chi connectivity index (χ2v) is 10.9. The zero-order chi connectivity index (χ0) is 26.7. The number of phenols is 1. The first-order chi connectivity index (χ1) is 18.9. The van der Waals surface area contributed by atoms with Crippen LogP contribution in [0, 0.1) is 0 Å². The summed E-state index contributed by atoms with van der Waals surface area (Å²) in [4.78, 5) is 9.43. The number of ether oxygens (including phenoxy) is 1. The fourth-order valence-corrected chi connectivity index (χ4v) is 5.38. The number of nitrogens with zero attached hydrogens (tertiary/aromatic N) is 3. The van der Waals surface area contributed by atoms with Gasteiger partial charge in [-0.05, 0) is 64.2 Å². The van der Waals surface area contributed by atoms with Gasteiger partial charge < -0.3 is 9.84 Å². The van der Waals surface area contributed by atoms with Gasteiger partial charge in [-0.1, -0.05) is 63.2 Å². The molecule has 0 bridgehead atoms. The number of fused-ring (bicyclic) bond motifs is 6. The van der Waals surface area contributed by atoms with Gasteiger partial charge in [-0.25, -0.2) is 9.97 Å². The summed E-state index contributed by atoms with van der Waals surface area (Å²) in [5.41, 5.74) is 3.83. The number of aromatic hydroxyl groups is 1. The first-order valence-electron chi connectivity index (χ1n) is 13.1. The summed E-state index contributed by atoms with van der Waals surface area (Å²) in [5, 5.41) is 15.9. The van der Waals surface area contributed by atoms with Crippen molar-refractivity contribution in [1.29, 1.82) is 0 Å². The van der Waals surface area contributed by atoms with Crippen molar-refractivity contribution in [2.75, 3.05) is 0 Å². The zero-order valence-electron chi connectivity index (χ0n) is 22.0. The third-order valence-electron chi connectivity index (χ3n) is 7.36. The highest BCUT2D eigenvalue weighted by atomic mass is 16.5. The van der Waals surface area contributed by atoms with Crippen LogP contribution in [-0.2, 0) is 5.41 Å². The van der Waals surface area contributed by atoms with Crippen LogP contribution >= 0.6 is 0 Å². The third kappa shape index (κ3) is 3.86. The summed E-state index contributed by atoms with van der Waals surface area (Å²) in [6.07, 6.45) is 1.88. The molecular formula is C34H27N3O2. The molecule has 0 aliphatic rings. The Labute approximate surface area is 225 Å². The van der Waals surface area contributed by atoms with Crippen molar-refractivity contribution in [2.24, 2.45) is 0 Å². The van der Waals surface area contributed by atoms with Gasteiger partial charge >= 0.3 is 0 Å². The first kappa shape index (κ1) is 23.2. The van der Waals surface area contributed by atoms with E-state index in [1.165, 1.54) is 5.56 Å². The summed E-state index contributed by atoms with van der Waals surface area (Å²) in [6, 6.07) is 32.2. The Morgan fingerprint density at radius 3 is 2.31 bits per heavy atom. The second kappa shape index (κ2) is 8.57. The summed E-state index contributed by atoms with van der Waals surface area (Å²) < 4.78 is 8.46. The van der Waals surface area contributed by atoms with Crippen molar-refractivity contribution in [3.8, 4) is 23.2 Å². The Kier molecular flexibility index (Phi) is 5.10. The number of aromatic nitrogens is 3. The summed E-state index contributed by atoms with van der Waals surface area (Å²) >= 11 is 0. The van der Waals surface area contributed by atoms with Crippen LogP contribution in [-0.4, -0.2) is 19.6 Å². The number of pyridine rings is 2. The lowest BCUT2D eigenvalue weighted by Gasteiger charge is -2.20. The molecule has 5 heteroatoms. The SMILES string of the molecule is CC(C)(C)c1ccnc(-n2c3ccccc3c3ccc(Oc4ccc5c(n4)c(O)cc4ccccc45)cc32)c1. The Balaban J connectivity index is 1.37. The topological polar surface area (TPSA) is 60.2 Å². The van der Waals surface area contributed by atoms with Gasteiger partial charge in [0.25, 0.3) is 0 Å². The highest BCUT2D eigenvalue weighted by Gasteiger charge is 2.18. The Bertz CT molecular complexity index is 2050. The minimum atomic E-state index is 0.00333. The molecule has 3 aromatic heterocycles. The van der Waals surface area contributed by atoms with E-state index >= 15 is 0 Å². The van der Waals surface area contributed by atoms with Gasteiger partial charge in [-0.2, -0.15) is 0 Å². The quantitative estimate of drug-likeness (QED) is 0.242. The van der Waals surface area contributed by atoms with Crippen LogP contribution in [0.25, 0.3) is 49.3 Å². The van der Waals surface area contributed by atoms with Crippen molar-refractivity contribution in [3.63, 3.8) is 0 Å². The van der Waals surface area contributed by atoms with Crippen molar-refractivity contribution < 1.29 is 9.84 Å². The van der Waals surface area contributed by atoms with Gasteiger partial charge in [-0.15, -0.1) is 0 Å². The van der Waals surface area contributed by atoms with Gasteiger partial charge in [0.15, 0.2) is 0 Å². The lowest BCUT2D eigenvalue weighted by Crippen LogP contribution is -2.12. The summed E-state index contributed by atoms with van der Waals surface area (Å²) in [6.45, 7) is 6.63. The first-order valence-corrected chi connectivity index (χ1v) is 13.1. The van der Waals surface area contributed by atoms with Crippen molar-refractivity contribution in [1.82, 2.24) is 14.5 Å². The maximum absolute atomic E-state index is 10.7.